The zero-order valence-electron chi connectivity index (χ0n) is 21.3. The van der Waals surface area contributed by atoms with Crippen LogP contribution in [0.1, 0.15) is 31.2 Å². The quantitative estimate of drug-likeness (QED) is 0.471. The number of nitrogens with one attached hydrogen (secondary N) is 2. The predicted molar refractivity (Wildman–Crippen MR) is 144 cm³/mol. The van der Waals surface area contributed by atoms with Gasteiger partial charge in [-0.15, -0.1) is 0 Å². The normalized spacial score (nSPS) is 23.5. The van der Waals surface area contributed by atoms with Crippen molar-refractivity contribution in [3.63, 3.8) is 0 Å². The average Bonchev–Trinajstić information content (AvgIpc) is 3.25. The van der Waals surface area contributed by atoms with Crippen LogP contribution in [0.5, 0.6) is 11.5 Å². The Morgan fingerprint density at radius 2 is 1.69 bits per heavy atom. The number of nitrogens with zero attached hydrogens (tertiary/aromatic N) is 1. The Bertz CT molecular complexity index is 1220. The molecule has 2 aliphatic rings. The third-order valence-electron chi connectivity index (χ3n) is 8.08. The SMILES string of the molecule is COc1ccc(C23CCC(NC(=O)Nc4ccccc4-c4ccccc4)CC2N(C)CC3)cc1OC. The molecule has 1 heterocycles. The van der Waals surface area contributed by atoms with Crippen molar-refractivity contribution in [2.24, 2.45) is 0 Å². The molecule has 1 aliphatic carbocycles. The summed E-state index contributed by atoms with van der Waals surface area (Å²) in [6.07, 6.45) is 3.97. The van der Waals surface area contributed by atoms with Gasteiger partial charge in [0.15, 0.2) is 11.5 Å². The molecule has 3 aromatic carbocycles. The number of anilines is 1. The van der Waals surface area contributed by atoms with Crippen molar-refractivity contribution in [1.29, 1.82) is 0 Å². The fourth-order valence-corrected chi connectivity index (χ4v) is 6.20. The van der Waals surface area contributed by atoms with Gasteiger partial charge in [-0.25, -0.2) is 4.79 Å². The number of para-hydroxylation sites is 1. The van der Waals surface area contributed by atoms with E-state index in [0.29, 0.717) is 6.04 Å². The molecular formula is C30H35N3O3. The molecule has 2 N–H and O–H groups in total. The van der Waals surface area contributed by atoms with Crippen LogP contribution in [-0.2, 0) is 5.41 Å². The number of ether oxygens (including phenoxy) is 2. The first-order chi connectivity index (χ1) is 17.5. The lowest BCUT2D eigenvalue weighted by atomic mass is 9.65. The molecule has 36 heavy (non-hydrogen) atoms. The van der Waals surface area contributed by atoms with Crippen LogP contribution >= 0.6 is 0 Å². The first-order valence-electron chi connectivity index (χ1n) is 12.7. The number of urea groups is 1. The molecule has 3 atom stereocenters. The van der Waals surface area contributed by atoms with Gasteiger partial charge in [0, 0.05) is 23.1 Å². The van der Waals surface area contributed by atoms with E-state index in [1.165, 1.54) is 5.56 Å². The second-order valence-corrected chi connectivity index (χ2v) is 9.95. The van der Waals surface area contributed by atoms with Crippen LogP contribution in [0.25, 0.3) is 11.1 Å². The molecule has 188 valence electrons. The standard InChI is InChI=1S/C30H35N3O3/c1-33-18-17-30(22-13-14-26(35-2)27(19-22)36-3)16-15-23(20-28(30)33)31-29(34)32-25-12-8-7-11-24(25)21-9-5-4-6-10-21/h4-14,19,23,28H,15-18,20H2,1-3H3,(H2,31,32,34). The molecule has 0 radical (unpaired) electrons. The van der Waals surface area contributed by atoms with Crippen molar-refractivity contribution in [3.8, 4) is 22.6 Å². The molecule has 6 heteroatoms. The summed E-state index contributed by atoms with van der Waals surface area (Å²) in [5.74, 6) is 1.53. The average molecular weight is 486 g/mol. The van der Waals surface area contributed by atoms with Gasteiger partial charge >= 0.3 is 6.03 Å². The van der Waals surface area contributed by atoms with E-state index < -0.39 is 0 Å². The predicted octanol–water partition coefficient (Wildman–Crippen LogP) is 5.69. The van der Waals surface area contributed by atoms with Crippen LogP contribution < -0.4 is 20.1 Å². The Balaban J connectivity index is 1.30. The maximum atomic E-state index is 13.1. The van der Waals surface area contributed by atoms with Gasteiger partial charge in [-0.3, -0.25) is 0 Å². The maximum absolute atomic E-state index is 13.1. The molecule has 0 spiro atoms. The van der Waals surface area contributed by atoms with Gasteiger partial charge < -0.3 is 25.0 Å². The van der Waals surface area contributed by atoms with Crippen LogP contribution in [0.4, 0.5) is 10.5 Å². The van der Waals surface area contributed by atoms with Gasteiger partial charge in [0.25, 0.3) is 0 Å². The van der Waals surface area contributed by atoms with E-state index in [0.717, 1.165) is 60.5 Å². The largest absolute Gasteiger partial charge is 0.493 e. The summed E-state index contributed by atoms with van der Waals surface area (Å²) in [5.41, 5.74) is 4.27. The maximum Gasteiger partial charge on any atom is 0.319 e. The van der Waals surface area contributed by atoms with Gasteiger partial charge in [-0.1, -0.05) is 54.6 Å². The minimum absolute atomic E-state index is 0.0584. The zero-order chi connectivity index (χ0) is 25.1. The highest BCUT2D eigenvalue weighted by Gasteiger charge is 2.50. The lowest BCUT2D eigenvalue weighted by Crippen LogP contribution is -2.52. The monoisotopic (exact) mass is 485 g/mol. The van der Waals surface area contributed by atoms with E-state index >= 15 is 0 Å². The van der Waals surface area contributed by atoms with E-state index in [4.69, 9.17) is 9.47 Å². The van der Waals surface area contributed by atoms with Crippen LogP contribution in [0.3, 0.4) is 0 Å². The van der Waals surface area contributed by atoms with Crippen LogP contribution in [0, 0.1) is 0 Å². The van der Waals surface area contributed by atoms with Crippen molar-refractivity contribution >= 4 is 11.7 Å². The Morgan fingerprint density at radius 1 is 0.944 bits per heavy atom. The minimum atomic E-state index is -0.150. The summed E-state index contributed by atoms with van der Waals surface area (Å²) in [7, 11) is 5.56. The van der Waals surface area contributed by atoms with E-state index in [1.54, 1.807) is 14.2 Å². The number of hydrogen-bond donors (Lipinski definition) is 2. The number of carbonyl (C=O) groups excluding carboxylic acids is 1. The van der Waals surface area contributed by atoms with Gasteiger partial charge in [0.05, 0.1) is 19.9 Å². The van der Waals surface area contributed by atoms with Gasteiger partial charge in [-0.05, 0) is 68.6 Å². The smallest absolute Gasteiger partial charge is 0.319 e. The van der Waals surface area contributed by atoms with Crippen molar-refractivity contribution in [2.45, 2.75) is 43.2 Å². The topological polar surface area (TPSA) is 62.8 Å². The highest BCUT2D eigenvalue weighted by Crippen LogP contribution is 2.49. The molecule has 0 aromatic heterocycles. The van der Waals surface area contributed by atoms with Gasteiger partial charge in [0.2, 0.25) is 0 Å². The lowest BCUT2D eigenvalue weighted by Gasteiger charge is -2.45. The van der Waals surface area contributed by atoms with Crippen molar-refractivity contribution in [3.05, 3.63) is 78.4 Å². The number of likely N-dealkylation sites (N-methyl/N-ethyl adjacent to an activating group) is 1. The second kappa shape index (κ2) is 10.2. The summed E-state index contributed by atoms with van der Waals surface area (Å²) < 4.78 is 11.1. The number of methoxy groups -OCH3 is 2. The second-order valence-electron chi connectivity index (χ2n) is 9.95. The zero-order valence-corrected chi connectivity index (χ0v) is 21.3. The number of amides is 2. The molecule has 1 saturated heterocycles. The number of carbonyl (C=O) groups is 1. The van der Waals surface area contributed by atoms with Crippen LogP contribution in [-0.4, -0.2) is 50.8 Å². The molecule has 6 nitrogen and oxygen atoms in total. The van der Waals surface area contributed by atoms with Crippen LogP contribution in [0.2, 0.25) is 0 Å². The van der Waals surface area contributed by atoms with E-state index in [2.05, 4.69) is 46.8 Å². The molecule has 1 aliphatic heterocycles. The van der Waals surface area contributed by atoms with Crippen molar-refractivity contribution < 1.29 is 14.3 Å². The molecule has 5 rings (SSSR count). The summed E-state index contributed by atoms with van der Waals surface area (Å²) in [5, 5.41) is 6.37. The minimum Gasteiger partial charge on any atom is -0.493 e. The lowest BCUT2D eigenvalue weighted by molar-refractivity contribution is 0.156. The summed E-state index contributed by atoms with van der Waals surface area (Å²) in [4.78, 5) is 15.5. The first kappa shape index (κ1) is 24.2. The molecule has 3 aromatic rings. The van der Waals surface area contributed by atoms with E-state index in [9.17, 15) is 4.79 Å². The third kappa shape index (κ3) is 4.53. The fourth-order valence-electron chi connectivity index (χ4n) is 6.20. The number of hydrogen-bond acceptors (Lipinski definition) is 4. The van der Waals surface area contributed by atoms with E-state index in [-0.39, 0.29) is 17.5 Å². The molecule has 2 fully saturated rings. The third-order valence-corrected chi connectivity index (χ3v) is 8.08. The number of rotatable bonds is 6. The van der Waals surface area contributed by atoms with Gasteiger partial charge in [0.1, 0.15) is 0 Å². The summed E-state index contributed by atoms with van der Waals surface area (Å²) in [6.45, 7) is 1.04. The van der Waals surface area contributed by atoms with E-state index in [1.807, 2.05) is 48.5 Å². The number of likely N-dealkylation sites (tertiary alicyclic amines) is 1. The summed E-state index contributed by atoms with van der Waals surface area (Å²) in [6, 6.07) is 24.7. The Labute approximate surface area is 213 Å². The number of benzene rings is 3. The molecule has 0 bridgehead atoms. The highest BCUT2D eigenvalue weighted by molar-refractivity contribution is 5.94. The van der Waals surface area contributed by atoms with Crippen molar-refractivity contribution in [2.75, 3.05) is 33.1 Å². The van der Waals surface area contributed by atoms with Crippen LogP contribution in [0.15, 0.2) is 72.8 Å². The Kier molecular flexibility index (Phi) is 6.88. The first-order valence-corrected chi connectivity index (χ1v) is 12.7. The Morgan fingerprint density at radius 3 is 2.47 bits per heavy atom. The Hall–Kier alpha value is -3.51. The molecule has 3 unspecified atom stereocenters. The summed E-state index contributed by atoms with van der Waals surface area (Å²) >= 11 is 0. The molecular weight excluding hydrogens is 450 g/mol. The van der Waals surface area contributed by atoms with Crippen molar-refractivity contribution in [1.82, 2.24) is 10.2 Å². The highest BCUT2D eigenvalue weighted by atomic mass is 16.5. The van der Waals surface area contributed by atoms with Gasteiger partial charge in [-0.2, -0.15) is 0 Å². The fraction of sp³-hybridized carbons (Fsp3) is 0.367. The molecule has 2 amide bonds. The number of fused-ring (bicyclic) bond motifs is 1. The molecule has 1 saturated carbocycles.